The highest BCUT2D eigenvalue weighted by Gasteiger charge is 2.05. The summed E-state index contributed by atoms with van der Waals surface area (Å²) in [5.74, 6) is 1.31. The van der Waals surface area contributed by atoms with Crippen molar-refractivity contribution in [2.75, 3.05) is 13.7 Å². The summed E-state index contributed by atoms with van der Waals surface area (Å²) in [5, 5.41) is 0. The first-order valence-electron chi connectivity index (χ1n) is 6.93. The van der Waals surface area contributed by atoms with Crippen LogP contribution >= 0.6 is 15.9 Å². The van der Waals surface area contributed by atoms with Crippen LogP contribution in [0, 0.1) is 0 Å². The molecule has 0 aliphatic rings. The Morgan fingerprint density at radius 3 is 2.50 bits per heavy atom. The lowest BCUT2D eigenvalue weighted by molar-refractivity contribution is 0.104. The summed E-state index contributed by atoms with van der Waals surface area (Å²) in [6, 6.07) is 12.8. The molecule has 0 heterocycles. The molecule has 3 nitrogen and oxygen atoms in total. The van der Waals surface area contributed by atoms with Crippen molar-refractivity contribution in [3.63, 3.8) is 0 Å². The van der Waals surface area contributed by atoms with E-state index in [9.17, 15) is 4.79 Å². The van der Waals surface area contributed by atoms with Crippen LogP contribution in [0.15, 0.2) is 53.0 Å². The third-order valence-electron chi connectivity index (χ3n) is 3.04. The van der Waals surface area contributed by atoms with E-state index in [0.29, 0.717) is 23.7 Å². The van der Waals surface area contributed by atoms with E-state index in [4.69, 9.17) is 9.47 Å². The van der Waals surface area contributed by atoms with E-state index in [1.807, 2.05) is 37.3 Å². The molecule has 2 aromatic rings. The first-order valence-corrected chi connectivity index (χ1v) is 7.72. The maximum atomic E-state index is 12.1. The van der Waals surface area contributed by atoms with Crippen molar-refractivity contribution < 1.29 is 14.3 Å². The molecular formula is C18H17BrO3. The smallest absolute Gasteiger partial charge is 0.185 e. The Morgan fingerprint density at radius 2 is 1.86 bits per heavy atom. The van der Waals surface area contributed by atoms with Crippen LogP contribution in [0.3, 0.4) is 0 Å². The first-order chi connectivity index (χ1) is 10.6. The van der Waals surface area contributed by atoms with Gasteiger partial charge in [-0.2, -0.15) is 0 Å². The summed E-state index contributed by atoms with van der Waals surface area (Å²) >= 11 is 3.35. The normalized spacial score (nSPS) is 10.7. The van der Waals surface area contributed by atoms with Crippen LogP contribution in [0.5, 0.6) is 11.5 Å². The predicted octanol–water partition coefficient (Wildman–Crippen LogP) is 4.75. The van der Waals surface area contributed by atoms with Crippen LogP contribution in [0.1, 0.15) is 22.8 Å². The van der Waals surface area contributed by atoms with Crippen LogP contribution in [0.4, 0.5) is 0 Å². The Kier molecular flexibility index (Phi) is 5.78. The standard InChI is InChI=1S/C18H17BrO3/c1-3-22-17-11-5-13(12-18(17)21-2)4-10-16(20)14-6-8-15(19)9-7-14/h4-12H,3H2,1-2H3. The lowest BCUT2D eigenvalue weighted by atomic mass is 10.1. The first kappa shape index (κ1) is 16.3. The van der Waals surface area contributed by atoms with Crippen molar-refractivity contribution >= 4 is 27.8 Å². The third kappa shape index (κ3) is 4.21. The van der Waals surface area contributed by atoms with Crippen molar-refractivity contribution in [3.8, 4) is 11.5 Å². The number of ketones is 1. The Labute approximate surface area is 138 Å². The maximum absolute atomic E-state index is 12.1. The van der Waals surface area contributed by atoms with Gasteiger partial charge in [0.2, 0.25) is 0 Å². The van der Waals surface area contributed by atoms with Crippen molar-refractivity contribution in [3.05, 3.63) is 64.1 Å². The zero-order chi connectivity index (χ0) is 15.9. The van der Waals surface area contributed by atoms with Gasteiger partial charge < -0.3 is 9.47 Å². The number of benzene rings is 2. The Morgan fingerprint density at radius 1 is 1.14 bits per heavy atom. The fourth-order valence-corrected chi connectivity index (χ4v) is 2.21. The van der Waals surface area contributed by atoms with Gasteiger partial charge in [-0.1, -0.05) is 28.1 Å². The molecule has 0 saturated carbocycles. The predicted molar refractivity (Wildman–Crippen MR) is 91.7 cm³/mol. The molecule has 4 heteroatoms. The second-order valence-electron chi connectivity index (χ2n) is 4.55. The number of allylic oxidation sites excluding steroid dienone is 1. The van der Waals surface area contributed by atoms with E-state index < -0.39 is 0 Å². The molecule has 22 heavy (non-hydrogen) atoms. The molecule has 0 aliphatic carbocycles. The Balaban J connectivity index is 2.15. The minimum Gasteiger partial charge on any atom is -0.493 e. The van der Waals surface area contributed by atoms with Gasteiger partial charge in [0.05, 0.1) is 13.7 Å². The summed E-state index contributed by atoms with van der Waals surface area (Å²) in [6.45, 7) is 2.50. The van der Waals surface area contributed by atoms with E-state index in [2.05, 4.69) is 15.9 Å². The van der Waals surface area contributed by atoms with Crippen molar-refractivity contribution in [1.29, 1.82) is 0 Å². The van der Waals surface area contributed by atoms with E-state index in [1.165, 1.54) is 0 Å². The summed E-state index contributed by atoms with van der Waals surface area (Å²) < 4.78 is 11.7. The van der Waals surface area contributed by atoms with E-state index in [-0.39, 0.29) is 5.78 Å². The second-order valence-corrected chi connectivity index (χ2v) is 5.46. The highest BCUT2D eigenvalue weighted by molar-refractivity contribution is 9.10. The summed E-state index contributed by atoms with van der Waals surface area (Å²) in [5.41, 5.74) is 1.53. The van der Waals surface area contributed by atoms with Gasteiger partial charge >= 0.3 is 0 Å². The minimum absolute atomic E-state index is 0.0413. The van der Waals surface area contributed by atoms with Gasteiger partial charge in [0.25, 0.3) is 0 Å². The summed E-state index contributed by atoms with van der Waals surface area (Å²) in [6.07, 6.45) is 3.32. The van der Waals surface area contributed by atoms with Gasteiger partial charge in [0.15, 0.2) is 17.3 Å². The van der Waals surface area contributed by atoms with E-state index >= 15 is 0 Å². The average Bonchev–Trinajstić information content (AvgIpc) is 2.54. The van der Waals surface area contributed by atoms with Crippen LogP contribution < -0.4 is 9.47 Å². The number of carbonyl (C=O) groups is 1. The van der Waals surface area contributed by atoms with Gasteiger partial charge in [-0.25, -0.2) is 0 Å². The quantitative estimate of drug-likeness (QED) is 0.550. The molecule has 2 aromatic carbocycles. The van der Waals surface area contributed by atoms with E-state index in [1.54, 1.807) is 31.4 Å². The van der Waals surface area contributed by atoms with Crippen molar-refractivity contribution in [2.24, 2.45) is 0 Å². The molecule has 0 aliphatic heterocycles. The molecule has 0 atom stereocenters. The van der Waals surface area contributed by atoms with Gasteiger partial charge in [0, 0.05) is 10.0 Å². The zero-order valence-corrected chi connectivity index (χ0v) is 14.1. The van der Waals surface area contributed by atoms with E-state index in [0.717, 1.165) is 10.0 Å². The molecule has 0 saturated heterocycles. The van der Waals surface area contributed by atoms with Gasteiger partial charge in [-0.05, 0) is 55.0 Å². The lowest BCUT2D eigenvalue weighted by Gasteiger charge is -2.09. The average molecular weight is 361 g/mol. The molecular weight excluding hydrogens is 344 g/mol. The SMILES string of the molecule is CCOc1ccc(C=CC(=O)c2ccc(Br)cc2)cc1OC. The van der Waals surface area contributed by atoms with Crippen LogP contribution in [0.25, 0.3) is 6.08 Å². The maximum Gasteiger partial charge on any atom is 0.185 e. The number of halogens is 1. The van der Waals surface area contributed by atoms with Crippen LogP contribution in [0.2, 0.25) is 0 Å². The van der Waals surface area contributed by atoms with Crippen LogP contribution in [-0.2, 0) is 0 Å². The Hall–Kier alpha value is -2.07. The van der Waals surface area contributed by atoms with Gasteiger partial charge in [-0.3, -0.25) is 4.79 Å². The molecule has 0 spiro atoms. The molecule has 0 aromatic heterocycles. The molecule has 0 bridgehead atoms. The fourth-order valence-electron chi connectivity index (χ4n) is 1.94. The highest BCUT2D eigenvalue weighted by Crippen LogP contribution is 2.28. The van der Waals surface area contributed by atoms with Crippen molar-refractivity contribution in [1.82, 2.24) is 0 Å². The molecule has 0 unspecified atom stereocenters. The summed E-state index contributed by atoms with van der Waals surface area (Å²) in [7, 11) is 1.60. The number of hydrogen-bond donors (Lipinski definition) is 0. The Bertz CT molecular complexity index is 675. The second kappa shape index (κ2) is 7.80. The highest BCUT2D eigenvalue weighted by atomic mass is 79.9. The number of ether oxygens (including phenoxy) is 2. The molecule has 2 rings (SSSR count). The molecule has 0 fully saturated rings. The van der Waals surface area contributed by atoms with Crippen LogP contribution in [-0.4, -0.2) is 19.5 Å². The number of rotatable bonds is 6. The fraction of sp³-hybridized carbons (Fsp3) is 0.167. The molecule has 0 amide bonds. The molecule has 114 valence electrons. The van der Waals surface area contributed by atoms with Gasteiger partial charge in [0.1, 0.15) is 0 Å². The number of carbonyl (C=O) groups excluding carboxylic acids is 1. The minimum atomic E-state index is -0.0413. The lowest BCUT2D eigenvalue weighted by Crippen LogP contribution is -1.96. The molecule has 0 N–H and O–H groups in total. The number of methoxy groups -OCH3 is 1. The third-order valence-corrected chi connectivity index (χ3v) is 3.57. The van der Waals surface area contributed by atoms with Gasteiger partial charge in [-0.15, -0.1) is 0 Å². The topological polar surface area (TPSA) is 35.5 Å². The zero-order valence-electron chi connectivity index (χ0n) is 12.5. The molecule has 0 radical (unpaired) electrons. The van der Waals surface area contributed by atoms with Crippen molar-refractivity contribution in [2.45, 2.75) is 6.92 Å². The summed E-state index contributed by atoms with van der Waals surface area (Å²) in [4.78, 5) is 12.1. The number of hydrogen-bond acceptors (Lipinski definition) is 3. The largest absolute Gasteiger partial charge is 0.493 e. The monoisotopic (exact) mass is 360 g/mol.